The van der Waals surface area contributed by atoms with Gasteiger partial charge in [-0.2, -0.15) is 0 Å². The van der Waals surface area contributed by atoms with Crippen LogP contribution >= 0.6 is 0 Å². The summed E-state index contributed by atoms with van der Waals surface area (Å²) in [6.45, 7) is 7.61. The van der Waals surface area contributed by atoms with Crippen LogP contribution in [-0.2, 0) is 4.79 Å². The van der Waals surface area contributed by atoms with E-state index in [0.29, 0.717) is 13.1 Å². The van der Waals surface area contributed by atoms with E-state index >= 15 is 0 Å². The first-order valence-electron chi connectivity index (χ1n) is 7.10. The smallest absolute Gasteiger partial charge is 0.307 e. The van der Waals surface area contributed by atoms with Crippen LogP contribution in [0.3, 0.4) is 0 Å². The zero-order chi connectivity index (χ0) is 14.0. The number of hydrogen-bond acceptors (Lipinski definition) is 3. The SMILES string of the molecule is CCCCCCCN(CC(C)O)CC(C)C(=O)O. The number of nitrogens with zero attached hydrogens (tertiary/aromatic N) is 1. The third-order valence-electron chi connectivity index (χ3n) is 3.05. The zero-order valence-electron chi connectivity index (χ0n) is 12.1. The number of carbonyl (C=O) groups is 1. The predicted molar refractivity (Wildman–Crippen MR) is 73.7 cm³/mol. The number of carboxylic acid groups (broad SMARTS) is 1. The van der Waals surface area contributed by atoms with Crippen LogP contribution in [-0.4, -0.2) is 46.8 Å². The minimum atomic E-state index is -0.767. The summed E-state index contributed by atoms with van der Waals surface area (Å²) in [5, 5.41) is 18.3. The van der Waals surface area contributed by atoms with Crippen LogP contribution in [0.4, 0.5) is 0 Å². The van der Waals surface area contributed by atoms with Crippen molar-refractivity contribution in [2.45, 2.75) is 59.0 Å². The maximum absolute atomic E-state index is 10.8. The highest BCUT2D eigenvalue weighted by Gasteiger charge is 2.16. The van der Waals surface area contributed by atoms with Crippen molar-refractivity contribution < 1.29 is 15.0 Å². The molecule has 4 heteroatoms. The maximum Gasteiger partial charge on any atom is 0.307 e. The van der Waals surface area contributed by atoms with Gasteiger partial charge < -0.3 is 10.2 Å². The van der Waals surface area contributed by atoms with Crippen molar-refractivity contribution in [1.29, 1.82) is 0 Å². The summed E-state index contributed by atoms with van der Waals surface area (Å²) in [6.07, 6.45) is 5.61. The number of rotatable bonds is 11. The molecule has 18 heavy (non-hydrogen) atoms. The Hall–Kier alpha value is -0.610. The first-order valence-corrected chi connectivity index (χ1v) is 7.10. The van der Waals surface area contributed by atoms with Crippen LogP contribution in [0, 0.1) is 5.92 Å². The monoisotopic (exact) mass is 259 g/mol. The van der Waals surface area contributed by atoms with Gasteiger partial charge in [0.1, 0.15) is 0 Å². The van der Waals surface area contributed by atoms with Crippen molar-refractivity contribution in [3.63, 3.8) is 0 Å². The first-order chi connectivity index (χ1) is 8.47. The van der Waals surface area contributed by atoms with Gasteiger partial charge in [0.15, 0.2) is 0 Å². The summed E-state index contributed by atoms with van der Waals surface area (Å²) in [5.74, 6) is -1.14. The summed E-state index contributed by atoms with van der Waals surface area (Å²) in [5.41, 5.74) is 0. The fraction of sp³-hybridized carbons (Fsp3) is 0.929. The lowest BCUT2D eigenvalue weighted by Crippen LogP contribution is -2.37. The molecule has 0 aliphatic carbocycles. The molecule has 2 unspecified atom stereocenters. The second-order valence-electron chi connectivity index (χ2n) is 5.26. The van der Waals surface area contributed by atoms with Crippen LogP contribution in [0.15, 0.2) is 0 Å². The molecule has 0 aromatic carbocycles. The molecular formula is C14H29NO3. The summed E-state index contributed by atoms with van der Waals surface area (Å²) in [7, 11) is 0. The number of aliphatic carboxylic acids is 1. The Morgan fingerprint density at radius 3 is 2.22 bits per heavy atom. The third kappa shape index (κ3) is 9.42. The van der Waals surface area contributed by atoms with Crippen LogP contribution in [0.5, 0.6) is 0 Å². The van der Waals surface area contributed by atoms with Crippen LogP contribution in [0.2, 0.25) is 0 Å². The van der Waals surface area contributed by atoms with E-state index in [0.717, 1.165) is 13.0 Å². The van der Waals surface area contributed by atoms with E-state index in [2.05, 4.69) is 11.8 Å². The average Bonchev–Trinajstić information content (AvgIpc) is 2.27. The van der Waals surface area contributed by atoms with E-state index < -0.39 is 12.1 Å². The normalized spacial score (nSPS) is 14.7. The standard InChI is InChI=1S/C14H29NO3/c1-4-5-6-7-8-9-15(11-13(3)16)10-12(2)14(17)18/h12-13,16H,4-11H2,1-3H3,(H,17,18). The Balaban J connectivity index is 3.95. The van der Waals surface area contributed by atoms with Gasteiger partial charge in [0.05, 0.1) is 12.0 Å². The lowest BCUT2D eigenvalue weighted by molar-refractivity contribution is -0.141. The highest BCUT2D eigenvalue weighted by molar-refractivity contribution is 5.69. The van der Waals surface area contributed by atoms with Crippen LogP contribution in [0.1, 0.15) is 52.9 Å². The van der Waals surface area contributed by atoms with Gasteiger partial charge in [-0.15, -0.1) is 0 Å². The topological polar surface area (TPSA) is 60.8 Å². The number of carboxylic acids is 1. The molecule has 0 radical (unpaired) electrons. The fourth-order valence-corrected chi connectivity index (χ4v) is 2.04. The second kappa shape index (κ2) is 10.3. The first kappa shape index (κ1) is 17.4. The van der Waals surface area contributed by atoms with Gasteiger partial charge in [-0.25, -0.2) is 0 Å². The Morgan fingerprint density at radius 2 is 1.72 bits per heavy atom. The molecule has 0 spiro atoms. The van der Waals surface area contributed by atoms with Gasteiger partial charge >= 0.3 is 5.97 Å². The largest absolute Gasteiger partial charge is 0.481 e. The lowest BCUT2D eigenvalue weighted by atomic mass is 10.1. The highest BCUT2D eigenvalue weighted by Crippen LogP contribution is 2.07. The minimum absolute atomic E-state index is 0.376. The van der Waals surface area contributed by atoms with E-state index in [-0.39, 0.29) is 5.92 Å². The molecule has 0 aromatic rings. The summed E-state index contributed by atoms with van der Waals surface area (Å²) in [4.78, 5) is 12.9. The van der Waals surface area contributed by atoms with Crippen molar-refractivity contribution in [1.82, 2.24) is 4.90 Å². The molecule has 0 heterocycles. The molecule has 0 saturated heterocycles. The van der Waals surface area contributed by atoms with Gasteiger partial charge in [0, 0.05) is 13.1 Å². The Kier molecular flexibility index (Phi) is 9.98. The molecule has 2 N–H and O–H groups in total. The average molecular weight is 259 g/mol. The molecule has 0 saturated carbocycles. The summed E-state index contributed by atoms with van der Waals surface area (Å²) in [6, 6.07) is 0. The van der Waals surface area contributed by atoms with Crippen molar-refractivity contribution in [3.05, 3.63) is 0 Å². The van der Waals surface area contributed by atoms with Gasteiger partial charge in [-0.1, -0.05) is 39.5 Å². The van der Waals surface area contributed by atoms with Crippen molar-refractivity contribution in [3.8, 4) is 0 Å². The zero-order valence-corrected chi connectivity index (χ0v) is 12.1. The predicted octanol–water partition coefficient (Wildman–Crippen LogP) is 2.36. The maximum atomic E-state index is 10.8. The molecule has 0 rings (SSSR count). The van der Waals surface area contributed by atoms with Gasteiger partial charge in [0.2, 0.25) is 0 Å². The molecule has 4 nitrogen and oxygen atoms in total. The fourth-order valence-electron chi connectivity index (χ4n) is 2.04. The molecule has 108 valence electrons. The van der Waals surface area contributed by atoms with E-state index in [1.807, 2.05) is 0 Å². The van der Waals surface area contributed by atoms with Crippen molar-refractivity contribution >= 4 is 5.97 Å². The van der Waals surface area contributed by atoms with E-state index in [4.69, 9.17) is 5.11 Å². The Bertz CT molecular complexity index is 219. The third-order valence-corrected chi connectivity index (χ3v) is 3.05. The molecule has 2 atom stereocenters. The summed E-state index contributed by atoms with van der Waals surface area (Å²) >= 11 is 0. The number of aliphatic hydroxyl groups excluding tert-OH is 1. The number of aliphatic hydroxyl groups is 1. The lowest BCUT2D eigenvalue weighted by Gasteiger charge is -2.25. The molecular weight excluding hydrogens is 230 g/mol. The minimum Gasteiger partial charge on any atom is -0.481 e. The number of hydrogen-bond donors (Lipinski definition) is 2. The number of unbranched alkanes of at least 4 members (excludes halogenated alkanes) is 4. The van der Waals surface area contributed by atoms with Gasteiger partial charge in [-0.05, 0) is 19.9 Å². The van der Waals surface area contributed by atoms with Crippen molar-refractivity contribution in [2.24, 2.45) is 5.92 Å². The molecule has 0 fully saturated rings. The second-order valence-corrected chi connectivity index (χ2v) is 5.26. The molecule has 0 aliphatic heterocycles. The van der Waals surface area contributed by atoms with Gasteiger partial charge in [-0.3, -0.25) is 9.69 Å². The quantitative estimate of drug-likeness (QED) is 0.559. The van der Waals surface area contributed by atoms with Crippen molar-refractivity contribution in [2.75, 3.05) is 19.6 Å². The van der Waals surface area contributed by atoms with Gasteiger partial charge in [0.25, 0.3) is 0 Å². The molecule has 0 amide bonds. The highest BCUT2D eigenvalue weighted by atomic mass is 16.4. The molecule has 0 bridgehead atoms. The van der Waals surface area contributed by atoms with E-state index in [9.17, 15) is 9.90 Å². The molecule has 0 aromatic heterocycles. The Morgan fingerprint density at radius 1 is 1.11 bits per heavy atom. The van der Waals surface area contributed by atoms with E-state index in [1.165, 1.54) is 25.7 Å². The Labute approximate surface area is 111 Å². The van der Waals surface area contributed by atoms with E-state index in [1.54, 1.807) is 13.8 Å². The van der Waals surface area contributed by atoms with Crippen LogP contribution in [0.25, 0.3) is 0 Å². The summed E-state index contributed by atoms with van der Waals surface area (Å²) < 4.78 is 0. The molecule has 0 aliphatic rings. The van der Waals surface area contributed by atoms with Crippen LogP contribution < -0.4 is 0 Å².